The van der Waals surface area contributed by atoms with Gasteiger partial charge < -0.3 is 4.74 Å². The lowest BCUT2D eigenvalue weighted by Gasteiger charge is -2.35. The third-order valence-electron chi connectivity index (χ3n) is 2.75. The molecule has 0 saturated carbocycles. The molecule has 0 saturated heterocycles. The maximum absolute atomic E-state index is 6.38. The Labute approximate surface area is 99.9 Å². The topological polar surface area (TPSA) is 9.23 Å². The van der Waals surface area contributed by atoms with Crippen molar-refractivity contribution in [3.63, 3.8) is 0 Å². The monoisotopic (exact) mass is 246 g/mol. The number of rotatable bonds is 3. The molecule has 0 aromatic rings. The average Bonchev–Trinajstić information content (AvgIpc) is 1.99. The predicted molar refractivity (Wildman–Crippen MR) is 70.0 cm³/mol. The molecular weight excluding hydrogens is 224 g/mol. The molecule has 1 unspecified atom stereocenters. The largest absolute Gasteiger partial charge is 0.374 e. The summed E-state index contributed by atoms with van der Waals surface area (Å²) in [5, 5.41) is 2.54. The molecule has 88 valence electrons. The minimum atomic E-state index is -1.33. The second-order valence-electron chi connectivity index (χ2n) is 5.81. The first-order chi connectivity index (χ1) is 6.82. The van der Waals surface area contributed by atoms with E-state index in [0.29, 0.717) is 5.92 Å². The summed E-state index contributed by atoms with van der Waals surface area (Å²) < 4.78 is 5.89. The van der Waals surface area contributed by atoms with E-state index in [0.717, 1.165) is 24.5 Å². The molecule has 0 amide bonds. The molecule has 1 rings (SSSR count). The summed E-state index contributed by atoms with van der Waals surface area (Å²) in [7, 11) is -1.33. The lowest BCUT2D eigenvalue weighted by Crippen LogP contribution is -2.38. The first-order valence-corrected chi connectivity index (χ1v) is 9.70. The molecule has 0 radical (unpaired) electrons. The Balaban J connectivity index is 2.91. The van der Waals surface area contributed by atoms with E-state index in [2.05, 4.69) is 33.5 Å². The van der Waals surface area contributed by atoms with Gasteiger partial charge in [-0.2, -0.15) is 0 Å². The molecular formula is C12H23ClOSi. The van der Waals surface area contributed by atoms with Gasteiger partial charge in [-0.25, -0.2) is 0 Å². The van der Waals surface area contributed by atoms with Gasteiger partial charge >= 0.3 is 0 Å². The van der Waals surface area contributed by atoms with Crippen molar-refractivity contribution >= 4 is 19.7 Å². The van der Waals surface area contributed by atoms with Gasteiger partial charge in [-0.05, 0) is 17.5 Å². The summed E-state index contributed by atoms with van der Waals surface area (Å²) in [5.74, 6) is 0.670. The van der Waals surface area contributed by atoms with Gasteiger partial charge in [0.15, 0.2) is 0 Å². The normalized spacial score (nSPS) is 23.8. The molecule has 1 aliphatic rings. The number of halogens is 1. The zero-order chi connectivity index (χ0) is 11.6. The van der Waals surface area contributed by atoms with Crippen molar-refractivity contribution in [2.45, 2.75) is 52.4 Å². The van der Waals surface area contributed by atoms with Crippen LogP contribution in [0.4, 0.5) is 0 Å². The maximum atomic E-state index is 6.38. The SMILES string of the molecule is CC(C)CC1OCCC(Cl)=C1[Si](C)(C)C. The van der Waals surface area contributed by atoms with Gasteiger partial charge in [0.1, 0.15) is 0 Å². The lowest BCUT2D eigenvalue weighted by molar-refractivity contribution is 0.0604. The first-order valence-electron chi connectivity index (χ1n) is 5.83. The van der Waals surface area contributed by atoms with E-state index in [1.165, 1.54) is 5.20 Å². The van der Waals surface area contributed by atoms with Crippen LogP contribution in [-0.2, 0) is 4.74 Å². The number of hydrogen-bond donors (Lipinski definition) is 0. The summed E-state index contributed by atoms with van der Waals surface area (Å²) in [6, 6.07) is 0. The summed E-state index contributed by atoms with van der Waals surface area (Å²) in [6.45, 7) is 12.3. The molecule has 1 atom stereocenters. The zero-order valence-electron chi connectivity index (χ0n) is 10.6. The minimum absolute atomic E-state index is 0.290. The Morgan fingerprint density at radius 1 is 1.40 bits per heavy atom. The molecule has 0 aliphatic carbocycles. The summed E-state index contributed by atoms with van der Waals surface area (Å²) in [6.07, 6.45) is 2.31. The molecule has 1 nitrogen and oxygen atoms in total. The maximum Gasteiger partial charge on any atom is 0.0773 e. The van der Waals surface area contributed by atoms with E-state index in [1.807, 2.05) is 0 Å². The van der Waals surface area contributed by atoms with Gasteiger partial charge in [-0.15, -0.1) is 0 Å². The summed E-state index contributed by atoms with van der Waals surface area (Å²) in [5.41, 5.74) is 0. The van der Waals surface area contributed by atoms with E-state index in [9.17, 15) is 0 Å². The van der Waals surface area contributed by atoms with Gasteiger partial charge in [-0.1, -0.05) is 45.1 Å². The third-order valence-corrected chi connectivity index (χ3v) is 5.54. The van der Waals surface area contributed by atoms with Crippen LogP contribution in [0.1, 0.15) is 26.7 Å². The van der Waals surface area contributed by atoms with Crippen LogP contribution in [-0.4, -0.2) is 20.8 Å². The highest BCUT2D eigenvalue weighted by atomic mass is 35.5. The second-order valence-corrected chi connectivity index (χ2v) is 11.3. The van der Waals surface area contributed by atoms with Gasteiger partial charge in [0.05, 0.1) is 20.8 Å². The third kappa shape index (κ3) is 3.61. The fraction of sp³-hybridized carbons (Fsp3) is 0.833. The minimum Gasteiger partial charge on any atom is -0.374 e. The van der Waals surface area contributed by atoms with Crippen LogP contribution in [0, 0.1) is 5.92 Å². The molecule has 0 aromatic heterocycles. The molecule has 0 N–H and O–H groups in total. The Hall–Kier alpha value is 0.207. The van der Waals surface area contributed by atoms with Crippen LogP contribution in [0.15, 0.2) is 10.2 Å². The Bertz CT molecular complexity index is 253. The fourth-order valence-corrected chi connectivity index (χ4v) is 5.34. The van der Waals surface area contributed by atoms with Crippen molar-refractivity contribution < 1.29 is 4.74 Å². The van der Waals surface area contributed by atoms with Crippen molar-refractivity contribution in [2.24, 2.45) is 5.92 Å². The van der Waals surface area contributed by atoms with Crippen LogP contribution in [0.3, 0.4) is 0 Å². The standard InChI is InChI=1S/C12H23ClOSi/c1-9(2)8-11-12(15(3,4)5)10(13)6-7-14-11/h9,11H,6-8H2,1-5H3. The van der Waals surface area contributed by atoms with E-state index in [1.54, 1.807) is 0 Å². The van der Waals surface area contributed by atoms with Gasteiger partial charge in [0.2, 0.25) is 0 Å². The van der Waals surface area contributed by atoms with E-state index < -0.39 is 8.07 Å². The van der Waals surface area contributed by atoms with Gasteiger partial charge in [-0.3, -0.25) is 0 Å². The van der Waals surface area contributed by atoms with Gasteiger partial charge in [0, 0.05) is 11.5 Å². The highest BCUT2D eigenvalue weighted by Crippen LogP contribution is 2.34. The Morgan fingerprint density at radius 2 is 2.00 bits per heavy atom. The summed E-state index contributed by atoms with van der Waals surface area (Å²) >= 11 is 6.38. The molecule has 0 spiro atoms. The molecule has 1 aliphatic heterocycles. The van der Waals surface area contributed by atoms with Crippen LogP contribution < -0.4 is 0 Å². The van der Waals surface area contributed by atoms with E-state index >= 15 is 0 Å². The highest BCUT2D eigenvalue weighted by Gasteiger charge is 2.33. The van der Waals surface area contributed by atoms with E-state index in [-0.39, 0.29) is 6.10 Å². The van der Waals surface area contributed by atoms with Crippen LogP contribution >= 0.6 is 11.6 Å². The van der Waals surface area contributed by atoms with E-state index in [4.69, 9.17) is 16.3 Å². The number of ether oxygens (including phenoxy) is 1. The van der Waals surface area contributed by atoms with Crippen molar-refractivity contribution in [1.82, 2.24) is 0 Å². The Kier molecular flexibility index (Phi) is 4.45. The van der Waals surface area contributed by atoms with Crippen molar-refractivity contribution in [1.29, 1.82) is 0 Å². The quantitative estimate of drug-likeness (QED) is 0.679. The van der Waals surface area contributed by atoms with Crippen molar-refractivity contribution in [2.75, 3.05) is 6.61 Å². The molecule has 1 heterocycles. The molecule has 0 fully saturated rings. The second kappa shape index (κ2) is 5.02. The zero-order valence-corrected chi connectivity index (χ0v) is 12.3. The Morgan fingerprint density at radius 3 is 2.47 bits per heavy atom. The van der Waals surface area contributed by atoms with Crippen LogP contribution in [0.25, 0.3) is 0 Å². The highest BCUT2D eigenvalue weighted by molar-refractivity contribution is 6.84. The lowest BCUT2D eigenvalue weighted by atomic mass is 10.0. The van der Waals surface area contributed by atoms with Crippen LogP contribution in [0.2, 0.25) is 19.6 Å². The molecule has 3 heteroatoms. The first kappa shape index (κ1) is 13.3. The van der Waals surface area contributed by atoms with Gasteiger partial charge in [0.25, 0.3) is 0 Å². The predicted octanol–water partition coefficient (Wildman–Crippen LogP) is 4.19. The number of hydrogen-bond acceptors (Lipinski definition) is 1. The fourth-order valence-electron chi connectivity index (χ4n) is 2.19. The average molecular weight is 247 g/mol. The van der Waals surface area contributed by atoms with Crippen molar-refractivity contribution in [3.8, 4) is 0 Å². The molecule has 15 heavy (non-hydrogen) atoms. The molecule has 0 bridgehead atoms. The van der Waals surface area contributed by atoms with Crippen molar-refractivity contribution in [3.05, 3.63) is 10.2 Å². The summed E-state index contributed by atoms with van der Waals surface area (Å²) in [4.78, 5) is 0. The smallest absolute Gasteiger partial charge is 0.0773 e. The van der Waals surface area contributed by atoms with Crippen LogP contribution in [0.5, 0.6) is 0 Å². The molecule has 0 aromatic carbocycles.